The standard InChI is InChI=1S/C11H16ClNO2/c1-2-6-11(14)15-13-10-8-5-3-4-7-9(10)12/h2,6,9H,3-5,7-8H2,1H3/b6-2+,13-10?. The van der Waals surface area contributed by atoms with Crippen molar-refractivity contribution in [2.45, 2.75) is 44.4 Å². The first kappa shape index (κ1) is 12.2. The highest BCUT2D eigenvalue weighted by Gasteiger charge is 2.17. The summed E-state index contributed by atoms with van der Waals surface area (Å²) in [5.74, 6) is -0.446. The number of allylic oxidation sites excluding steroid dienone is 1. The second-order valence-electron chi connectivity index (χ2n) is 3.56. The average Bonchev–Trinajstić information content (AvgIpc) is 2.41. The van der Waals surface area contributed by atoms with E-state index in [1.165, 1.54) is 12.5 Å². The first-order chi connectivity index (χ1) is 7.24. The molecule has 0 spiro atoms. The Morgan fingerprint density at radius 2 is 2.33 bits per heavy atom. The lowest BCUT2D eigenvalue weighted by molar-refractivity contribution is -0.137. The van der Waals surface area contributed by atoms with E-state index in [0.29, 0.717) is 0 Å². The number of nitrogens with zero attached hydrogens (tertiary/aromatic N) is 1. The Labute approximate surface area is 95.1 Å². The molecule has 3 nitrogen and oxygen atoms in total. The summed E-state index contributed by atoms with van der Waals surface area (Å²) in [6, 6.07) is 0. The first-order valence-corrected chi connectivity index (χ1v) is 5.72. The fourth-order valence-electron chi connectivity index (χ4n) is 1.50. The minimum atomic E-state index is -0.446. The summed E-state index contributed by atoms with van der Waals surface area (Å²) in [5, 5.41) is 3.75. The molecule has 1 unspecified atom stereocenters. The molecule has 1 aliphatic carbocycles. The third-order valence-electron chi connectivity index (χ3n) is 2.31. The van der Waals surface area contributed by atoms with Crippen LogP contribution in [0.25, 0.3) is 0 Å². The van der Waals surface area contributed by atoms with E-state index in [1.54, 1.807) is 13.0 Å². The normalized spacial score (nSPS) is 25.5. The molecule has 0 aromatic carbocycles. The zero-order chi connectivity index (χ0) is 11.1. The van der Waals surface area contributed by atoms with Gasteiger partial charge in [-0.2, -0.15) is 0 Å². The fraction of sp³-hybridized carbons (Fsp3) is 0.636. The summed E-state index contributed by atoms with van der Waals surface area (Å²) in [6.45, 7) is 1.75. The summed E-state index contributed by atoms with van der Waals surface area (Å²) >= 11 is 6.11. The van der Waals surface area contributed by atoms with Gasteiger partial charge in [0.25, 0.3) is 0 Å². The van der Waals surface area contributed by atoms with Crippen LogP contribution in [0.3, 0.4) is 0 Å². The van der Waals surface area contributed by atoms with Crippen LogP contribution in [0.5, 0.6) is 0 Å². The highest BCUT2D eigenvalue weighted by Crippen LogP contribution is 2.20. The van der Waals surface area contributed by atoms with Gasteiger partial charge in [0.15, 0.2) is 0 Å². The molecule has 0 radical (unpaired) electrons. The maximum atomic E-state index is 11.0. The molecule has 0 N–H and O–H groups in total. The lowest BCUT2D eigenvalue weighted by Crippen LogP contribution is -2.13. The van der Waals surface area contributed by atoms with Gasteiger partial charge in [0, 0.05) is 6.08 Å². The van der Waals surface area contributed by atoms with E-state index in [2.05, 4.69) is 5.16 Å². The smallest absolute Gasteiger partial charge is 0.314 e. The van der Waals surface area contributed by atoms with Gasteiger partial charge in [-0.15, -0.1) is 11.6 Å². The van der Waals surface area contributed by atoms with E-state index in [4.69, 9.17) is 16.4 Å². The minimum absolute atomic E-state index is 0.0779. The van der Waals surface area contributed by atoms with Crippen LogP contribution in [0.15, 0.2) is 17.3 Å². The van der Waals surface area contributed by atoms with Crippen molar-refractivity contribution < 1.29 is 9.63 Å². The van der Waals surface area contributed by atoms with Crippen LogP contribution in [0.1, 0.15) is 39.0 Å². The summed E-state index contributed by atoms with van der Waals surface area (Å²) < 4.78 is 0. The summed E-state index contributed by atoms with van der Waals surface area (Å²) in [5.41, 5.74) is 0.798. The molecule has 0 aromatic rings. The van der Waals surface area contributed by atoms with Gasteiger partial charge < -0.3 is 4.84 Å². The van der Waals surface area contributed by atoms with Gasteiger partial charge >= 0.3 is 5.97 Å². The molecule has 1 atom stereocenters. The van der Waals surface area contributed by atoms with Gasteiger partial charge in [0.05, 0.1) is 11.1 Å². The molecule has 1 saturated carbocycles. The van der Waals surface area contributed by atoms with Crippen LogP contribution in [0, 0.1) is 0 Å². The van der Waals surface area contributed by atoms with Crippen molar-refractivity contribution in [2.24, 2.45) is 5.16 Å². The predicted molar refractivity (Wildman–Crippen MR) is 61.1 cm³/mol. The number of oxime groups is 1. The van der Waals surface area contributed by atoms with Crippen molar-refractivity contribution in [3.05, 3.63) is 12.2 Å². The molecular weight excluding hydrogens is 214 g/mol. The molecular formula is C11H16ClNO2. The Hall–Kier alpha value is -0.830. The maximum Gasteiger partial charge on any atom is 0.358 e. The van der Waals surface area contributed by atoms with E-state index in [1.807, 2.05) is 0 Å². The Bertz CT molecular complexity index is 274. The second kappa shape index (κ2) is 6.62. The summed E-state index contributed by atoms with van der Waals surface area (Å²) in [7, 11) is 0. The lowest BCUT2D eigenvalue weighted by Gasteiger charge is -2.06. The average molecular weight is 230 g/mol. The van der Waals surface area contributed by atoms with Gasteiger partial charge in [-0.3, -0.25) is 0 Å². The monoisotopic (exact) mass is 229 g/mol. The van der Waals surface area contributed by atoms with Crippen molar-refractivity contribution >= 4 is 23.3 Å². The van der Waals surface area contributed by atoms with E-state index in [9.17, 15) is 4.79 Å². The molecule has 15 heavy (non-hydrogen) atoms. The van der Waals surface area contributed by atoms with Crippen molar-refractivity contribution in [3.63, 3.8) is 0 Å². The largest absolute Gasteiger partial charge is 0.358 e. The molecule has 0 saturated heterocycles. The summed E-state index contributed by atoms with van der Waals surface area (Å²) in [4.78, 5) is 15.7. The van der Waals surface area contributed by atoms with Crippen LogP contribution in [0.4, 0.5) is 0 Å². The number of hydrogen-bond acceptors (Lipinski definition) is 3. The minimum Gasteiger partial charge on any atom is -0.314 e. The molecule has 0 heterocycles. The van der Waals surface area contributed by atoms with Crippen molar-refractivity contribution in [2.75, 3.05) is 0 Å². The van der Waals surface area contributed by atoms with Crippen molar-refractivity contribution in [3.8, 4) is 0 Å². The van der Waals surface area contributed by atoms with E-state index in [-0.39, 0.29) is 5.38 Å². The van der Waals surface area contributed by atoms with E-state index in [0.717, 1.165) is 31.4 Å². The Morgan fingerprint density at radius 3 is 3.07 bits per heavy atom. The Morgan fingerprint density at radius 1 is 1.53 bits per heavy atom. The van der Waals surface area contributed by atoms with Gasteiger partial charge in [-0.1, -0.05) is 24.1 Å². The fourth-order valence-corrected chi connectivity index (χ4v) is 1.81. The molecule has 84 valence electrons. The van der Waals surface area contributed by atoms with Gasteiger partial charge in [-0.25, -0.2) is 4.79 Å². The zero-order valence-electron chi connectivity index (χ0n) is 8.91. The Balaban J connectivity index is 2.51. The molecule has 0 amide bonds. The van der Waals surface area contributed by atoms with Crippen LogP contribution < -0.4 is 0 Å². The second-order valence-corrected chi connectivity index (χ2v) is 4.09. The zero-order valence-corrected chi connectivity index (χ0v) is 9.67. The number of rotatable bonds is 2. The van der Waals surface area contributed by atoms with Crippen LogP contribution in [-0.2, 0) is 9.63 Å². The topological polar surface area (TPSA) is 38.7 Å². The Kier molecular flexibility index (Phi) is 5.40. The third-order valence-corrected chi connectivity index (χ3v) is 2.78. The number of carbonyl (C=O) groups is 1. The number of carbonyl (C=O) groups excluding carboxylic acids is 1. The molecule has 1 rings (SSSR count). The number of alkyl halides is 1. The highest BCUT2D eigenvalue weighted by atomic mass is 35.5. The molecule has 0 bridgehead atoms. The van der Waals surface area contributed by atoms with Crippen LogP contribution >= 0.6 is 11.6 Å². The van der Waals surface area contributed by atoms with E-state index >= 15 is 0 Å². The summed E-state index contributed by atoms with van der Waals surface area (Å²) in [6.07, 6.45) is 8.07. The van der Waals surface area contributed by atoms with Crippen LogP contribution in [0.2, 0.25) is 0 Å². The molecule has 1 aliphatic rings. The number of hydrogen-bond donors (Lipinski definition) is 0. The first-order valence-electron chi connectivity index (χ1n) is 5.28. The molecule has 0 aliphatic heterocycles. The number of halogens is 1. The molecule has 0 aromatic heterocycles. The quantitative estimate of drug-likeness (QED) is 0.240. The van der Waals surface area contributed by atoms with Gasteiger partial charge in [-0.05, 0) is 26.2 Å². The SMILES string of the molecule is C/C=C/C(=O)ON=C1CCCCCC1Cl. The van der Waals surface area contributed by atoms with E-state index < -0.39 is 5.97 Å². The maximum absolute atomic E-state index is 11.0. The van der Waals surface area contributed by atoms with Crippen molar-refractivity contribution in [1.29, 1.82) is 0 Å². The molecule has 4 heteroatoms. The lowest BCUT2D eigenvalue weighted by atomic mass is 10.2. The molecule has 1 fully saturated rings. The third kappa shape index (κ3) is 4.47. The van der Waals surface area contributed by atoms with Crippen LogP contribution in [-0.4, -0.2) is 17.1 Å². The highest BCUT2D eigenvalue weighted by molar-refractivity contribution is 6.32. The predicted octanol–water partition coefficient (Wildman–Crippen LogP) is 3.03. The van der Waals surface area contributed by atoms with Crippen molar-refractivity contribution in [1.82, 2.24) is 0 Å². The van der Waals surface area contributed by atoms with Gasteiger partial charge in [0.1, 0.15) is 0 Å². The van der Waals surface area contributed by atoms with Gasteiger partial charge in [0.2, 0.25) is 0 Å².